The zero-order chi connectivity index (χ0) is 8.36. The first kappa shape index (κ1) is 9.62. The predicted octanol–water partition coefficient (Wildman–Crippen LogP) is 1.03. The third kappa shape index (κ3) is 2.96. The lowest BCUT2D eigenvalue weighted by Gasteiger charge is -2.07. The Hall–Kier alpha value is -0.380. The molecule has 0 bridgehead atoms. The van der Waals surface area contributed by atoms with Crippen LogP contribution in [-0.4, -0.2) is 21.0 Å². The minimum atomic E-state index is -2.65. The van der Waals surface area contributed by atoms with Gasteiger partial charge in [-0.3, -0.25) is 9.57 Å². The van der Waals surface area contributed by atoms with Crippen molar-refractivity contribution in [3.05, 3.63) is 0 Å². The molecule has 0 saturated heterocycles. The van der Waals surface area contributed by atoms with Crippen LogP contribution in [0.2, 0.25) is 0 Å². The molecular weight excluding hydrogens is 150 g/mol. The number of hydrogen-bond donors (Lipinski definition) is 1. The fraction of sp³-hybridized carbons (Fsp3) is 0.833. The summed E-state index contributed by atoms with van der Waals surface area (Å²) in [4.78, 5) is 10.5. The number of rotatable bonds is 3. The summed E-state index contributed by atoms with van der Waals surface area (Å²) in [5.74, 6) is -0.279. The quantitative estimate of drug-likeness (QED) is 0.675. The number of carbonyl (C=O) groups is 1. The Morgan fingerprint density at radius 3 is 2.10 bits per heavy atom. The van der Waals surface area contributed by atoms with E-state index in [1.165, 1.54) is 6.92 Å². The molecule has 60 valence electrons. The van der Waals surface area contributed by atoms with Gasteiger partial charge in [-0.05, 0) is 6.92 Å². The van der Waals surface area contributed by atoms with Gasteiger partial charge >= 0.3 is 0 Å². The summed E-state index contributed by atoms with van der Waals surface area (Å²) < 4.78 is 18.4. The largest absolute Gasteiger partial charge is 0.299 e. The molecule has 0 spiro atoms. The highest BCUT2D eigenvalue weighted by atomic mass is 32.2. The van der Waals surface area contributed by atoms with Crippen LogP contribution < -0.4 is 0 Å². The molecule has 10 heavy (non-hydrogen) atoms. The van der Waals surface area contributed by atoms with Crippen molar-refractivity contribution in [1.82, 2.24) is 0 Å². The zero-order valence-corrected chi connectivity index (χ0v) is 7.33. The van der Waals surface area contributed by atoms with E-state index in [0.29, 0.717) is 0 Å². The lowest BCUT2D eigenvalue weighted by atomic mass is 10.5. The second-order valence-electron chi connectivity index (χ2n) is 2.62. The van der Waals surface area contributed by atoms with Crippen LogP contribution in [0, 0.1) is 4.78 Å². The van der Waals surface area contributed by atoms with Crippen molar-refractivity contribution in [1.29, 1.82) is 4.78 Å². The molecule has 0 rings (SSSR count). The Balaban J connectivity index is 4.31. The average molecular weight is 163 g/mol. The van der Waals surface area contributed by atoms with Gasteiger partial charge < -0.3 is 0 Å². The standard InChI is InChI=1S/C6H13NO2S/c1-5(2)10(7,9)4-6(3)8/h5,7H,4H2,1-3H3. The normalized spacial score (nSPS) is 16.8. The summed E-state index contributed by atoms with van der Waals surface area (Å²) in [7, 11) is -2.65. The first-order valence-corrected chi connectivity index (χ1v) is 4.90. The minimum absolute atomic E-state index is 0.106. The van der Waals surface area contributed by atoms with Gasteiger partial charge in [0.25, 0.3) is 0 Å². The Morgan fingerprint density at radius 2 is 2.00 bits per heavy atom. The van der Waals surface area contributed by atoms with Crippen LogP contribution in [0.3, 0.4) is 0 Å². The molecule has 1 unspecified atom stereocenters. The van der Waals surface area contributed by atoms with Gasteiger partial charge in [-0.25, -0.2) is 4.21 Å². The van der Waals surface area contributed by atoms with E-state index in [2.05, 4.69) is 0 Å². The molecule has 0 amide bonds. The van der Waals surface area contributed by atoms with Crippen molar-refractivity contribution >= 4 is 15.5 Å². The Labute approximate surface area is 61.8 Å². The smallest absolute Gasteiger partial charge is 0.143 e. The van der Waals surface area contributed by atoms with Crippen LogP contribution in [0.1, 0.15) is 20.8 Å². The van der Waals surface area contributed by atoms with E-state index >= 15 is 0 Å². The average Bonchev–Trinajstić information content (AvgIpc) is 1.60. The minimum Gasteiger partial charge on any atom is -0.299 e. The zero-order valence-electron chi connectivity index (χ0n) is 6.51. The first-order chi connectivity index (χ1) is 4.36. The van der Waals surface area contributed by atoms with Crippen molar-refractivity contribution in [2.75, 3.05) is 5.75 Å². The Morgan fingerprint density at radius 1 is 1.60 bits per heavy atom. The lowest BCUT2D eigenvalue weighted by Crippen LogP contribution is -2.20. The molecule has 3 nitrogen and oxygen atoms in total. The maximum absolute atomic E-state index is 11.1. The summed E-state index contributed by atoms with van der Waals surface area (Å²) in [6.07, 6.45) is 0. The molecule has 0 aromatic carbocycles. The highest BCUT2D eigenvalue weighted by Gasteiger charge is 2.13. The topological polar surface area (TPSA) is 58.0 Å². The van der Waals surface area contributed by atoms with Crippen LogP contribution >= 0.6 is 0 Å². The highest BCUT2D eigenvalue weighted by Crippen LogP contribution is 2.01. The molecule has 0 aliphatic heterocycles. The summed E-state index contributed by atoms with van der Waals surface area (Å²) in [5, 5.41) is -0.226. The molecule has 0 aliphatic carbocycles. The van der Waals surface area contributed by atoms with Gasteiger partial charge in [0.05, 0.1) is 15.5 Å². The van der Waals surface area contributed by atoms with E-state index in [9.17, 15) is 9.00 Å². The van der Waals surface area contributed by atoms with E-state index < -0.39 is 9.73 Å². The van der Waals surface area contributed by atoms with Gasteiger partial charge in [-0.1, -0.05) is 13.8 Å². The van der Waals surface area contributed by atoms with Crippen LogP contribution in [0.25, 0.3) is 0 Å². The van der Waals surface area contributed by atoms with Gasteiger partial charge in [0, 0.05) is 5.25 Å². The van der Waals surface area contributed by atoms with E-state index in [0.717, 1.165) is 0 Å². The van der Waals surface area contributed by atoms with Crippen LogP contribution in [-0.2, 0) is 14.5 Å². The third-order valence-corrected chi connectivity index (χ3v) is 3.54. The van der Waals surface area contributed by atoms with Gasteiger partial charge in [0.1, 0.15) is 5.78 Å². The molecule has 0 aromatic rings. The molecule has 0 saturated carbocycles. The van der Waals surface area contributed by atoms with Crippen LogP contribution in [0.4, 0.5) is 0 Å². The number of nitrogens with one attached hydrogen (secondary N) is 1. The molecular formula is C6H13NO2S. The molecule has 0 heterocycles. The lowest BCUT2D eigenvalue weighted by molar-refractivity contribution is -0.114. The van der Waals surface area contributed by atoms with Gasteiger partial charge in [0.15, 0.2) is 0 Å². The van der Waals surface area contributed by atoms with E-state index in [1.807, 2.05) is 0 Å². The predicted molar refractivity (Wildman–Crippen MR) is 41.5 cm³/mol. The third-order valence-electron chi connectivity index (χ3n) is 1.18. The first-order valence-electron chi connectivity index (χ1n) is 3.11. The molecule has 4 heteroatoms. The monoisotopic (exact) mass is 163 g/mol. The van der Waals surface area contributed by atoms with Crippen LogP contribution in [0.15, 0.2) is 0 Å². The van der Waals surface area contributed by atoms with Crippen LogP contribution in [0.5, 0.6) is 0 Å². The van der Waals surface area contributed by atoms with Crippen molar-refractivity contribution in [2.45, 2.75) is 26.0 Å². The van der Waals surface area contributed by atoms with Crippen molar-refractivity contribution in [2.24, 2.45) is 0 Å². The SMILES string of the molecule is CC(=O)CS(=N)(=O)C(C)C. The Kier molecular flexibility index (Phi) is 3.02. The van der Waals surface area contributed by atoms with E-state index in [4.69, 9.17) is 4.78 Å². The van der Waals surface area contributed by atoms with Gasteiger partial charge in [-0.2, -0.15) is 0 Å². The Bertz CT molecular complexity index is 216. The fourth-order valence-corrected chi connectivity index (χ4v) is 1.41. The summed E-state index contributed by atoms with van der Waals surface area (Å²) in [5.41, 5.74) is 0. The summed E-state index contributed by atoms with van der Waals surface area (Å²) in [6.45, 7) is 4.74. The maximum Gasteiger partial charge on any atom is 0.143 e. The molecule has 0 radical (unpaired) electrons. The molecule has 0 fully saturated rings. The maximum atomic E-state index is 11.1. The fourth-order valence-electron chi connectivity index (χ4n) is 0.469. The van der Waals surface area contributed by atoms with E-state index in [-0.39, 0.29) is 16.8 Å². The number of ketones is 1. The van der Waals surface area contributed by atoms with Crippen molar-refractivity contribution in [3.8, 4) is 0 Å². The number of Topliss-reactive ketones (excluding diaryl/α,β-unsaturated/α-hetero) is 1. The van der Waals surface area contributed by atoms with E-state index in [1.54, 1.807) is 13.8 Å². The molecule has 1 atom stereocenters. The highest BCUT2D eigenvalue weighted by molar-refractivity contribution is 7.93. The molecule has 0 aromatic heterocycles. The molecule has 0 aliphatic rings. The molecule has 1 N–H and O–H groups in total. The number of hydrogen-bond acceptors (Lipinski definition) is 3. The second kappa shape index (κ2) is 3.14. The number of carbonyl (C=O) groups excluding carboxylic acids is 1. The van der Waals surface area contributed by atoms with Gasteiger partial charge in [-0.15, -0.1) is 0 Å². The second-order valence-corrected chi connectivity index (χ2v) is 5.31. The van der Waals surface area contributed by atoms with Crippen molar-refractivity contribution in [3.63, 3.8) is 0 Å². The summed E-state index contributed by atoms with van der Waals surface area (Å²) >= 11 is 0. The van der Waals surface area contributed by atoms with Crippen molar-refractivity contribution < 1.29 is 9.00 Å². The summed E-state index contributed by atoms with van der Waals surface area (Å²) in [6, 6.07) is 0. The van der Waals surface area contributed by atoms with Gasteiger partial charge in [0.2, 0.25) is 0 Å².